The molecule has 106 valence electrons. The lowest BCUT2D eigenvalue weighted by atomic mass is 10.1. The predicted molar refractivity (Wildman–Crippen MR) is 72.0 cm³/mol. The molecule has 0 aromatic heterocycles. The normalized spacial score (nSPS) is 20.5. The fourth-order valence-electron chi connectivity index (χ4n) is 1.96. The molecule has 1 aliphatic rings. The second kappa shape index (κ2) is 8.54. The number of methoxy groups -OCH3 is 1. The topological polar surface area (TPSA) is 81.4 Å². The van der Waals surface area contributed by atoms with Crippen LogP contribution in [0.2, 0.25) is 0 Å². The van der Waals surface area contributed by atoms with Crippen molar-refractivity contribution >= 4 is 11.9 Å². The van der Waals surface area contributed by atoms with E-state index >= 15 is 0 Å². The largest absolute Gasteiger partial charge is 0.468 e. The molecule has 19 heavy (non-hydrogen) atoms. The minimum Gasteiger partial charge on any atom is -0.468 e. The fraction of sp³-hybridized carbons (Fsp3) is 0.714. The zero-order valence-corrected chi connectivity index (χ0v) is 11.4. The van der Waals surface area contributed by atoms with Crippen molar-refractivity contribution in [2.75, 3.05) is 7.11 Å². The summed E-state index contributed by atoms with van der Waals surface area (Å²) in [5.41, 5.74) is 5.61. The van der Waals surface area contributed by atoms with E-state index in [9.17, 15) is 9.59 Å². The van der Waals surface area contributed by atoms with Gasteiger partial charge in [0.1, 0.15) is 6.04 Å². The third-order valence-corrected chi connectivity index (χ3v) is 3.08. The first kappa shape index (κ1) is 15.5. The zero-order valence-electron chi connectivity index (χ0n) is 11.4. The molecule has 1 saturated heterocycles. The van der Waals surface area contributed by atoms with Crippen LogP contribution in [0.25, 0.3) is 0 Å². The van der Waals surface area contributed by atoms with Gasteiger partial charge in [0.25, 0.3) is 0 Å². The molecule has 1 aliphatic heterocycles. The van der Waals surface area contributed by atoms with Crippen molar-refractivity contribution in [1.82, 2.24) is 5.32 Å². The van der Waals surface area contributed by atoms with Crippen LogP contribution < -0.4 is 11.1 Å². The molecule has 3 N–H and O–H groups in total. The molecule has 0 bridgehead atoms. The standard InChI is InChI=1S/C14H22N2O3/c1-19-14(18)12(15)9-4-2-3-7-11-8-5-6-10-13(17)16-11/h11-12H,2,4-6,8-10,15H2,1H3,(H,16,17)/t11?,12-/m0/s1. The summed E-state index contributed by atoms with van der Waals surface area (Å²) in [6.07, 6.45) is 5.50. The second-order valence-corrected chi connectivity index (χ2v) is 4.71. The molecule has 5 heteroatoms. The maximum atomic E-state index is 11.3. The summed E-state index contributed by atoms with van der Waals surface area (Å²) in [6.45, 7) is 0. The Bertz CT molecular complexity index is 371. The number of ether oxygens (including phenoxy) is 1. The summed E-state index contributed by atoms with van der Waals surface area (Å²) in [5.74, 6) is 5.82. The van der Waals surface area contributed by atoms with Gasteiger partial charge < -0.3 is 15.8 Å². The Morgan fingerprint density at radius 2 is 2.37 bits per heavy atom. The lowest BCUT2D eigenvalue weighted by molar-refractivity contribution is -0.142. The Hall–Kier alpha value is -1.54. The zero-order chi connectivity index (χ0) is 14.1. The number of nitrogens with one attached hydrogen (secondary N) is 1. The average Bonchev–Trinajstić information content (AvgIpc) is 2.61. The van der Waals surface area contributed by atoms with Crippen LogP contribution in [0.3, 0.4) is 0 Å². The Morgan fingerprint density at radius 3 is 3.11 bits per heavy atom. The van der Waals surface area contributed by atoms with Crippen LogP contribution in [-0.2, 0) is 14.3 Å². The quantitative estimate of drug-likeness (QED) is 0.446. The van der Waals surface area contributed by atoms with E-state index in [1.165, 1.54) is 7.11 Å². The minimum absolute atomic E-state index is 0.0238. The number of hydrogen-bond donors (Lipinski definition) is 2. The van der Waals surface area contributed by atoms with Crippen molar-refractivity contribution < 1.29 is 14.3 Å². The first-order valence-corrected chi connectivity index (χ1v) is 6.74. The van der Waals surface area contributed by atoms with Gasteiger partial charge in [-0.3, -0.25) is 9.59 Å². The Kier molecular flexibility index (Phi) is 6.98. The average molecular weight is 266 g/mol. The van der Waals surface area contributed by atoms with Crippen molar-refractivity contribution in [3.63, 3.8) is 0 Å². The molecule has 1 heterocycles. The van der Waals surface area contributed by atoms with E-state index in [1.807, 2.05) is 0 Å². The monoisotopic (exact) mass is 266 g/mol. The molecular weight excluding hydrogens is 244 g/mol. The number of carbonyl (C=O) groups excluding carboxylic acids is 2. The van der Waals surface area contributed by atoms with Crippen molar-refractivity contribution in [2.45, 2.75) is 57.0 Å². The number of rotatable bonds is 4. The molecule has 0 radical (unpaired) electrons. The second-order valence-electron chi connectivity index (χ2n) is 4.71. The molecule has 0 spiro atoms. The third-order valence-electron chi connectivity index (χ3n) is 3.08. The highest BCUT2D eigenvalue weighted by atomic mass is 16.5. The molecule has 0 aromatic carbocycles. The molecule has 1 fully saturated rings. The first-order valence-electron chi connectivity index (χ1n) is 6.74. The van der Waals surface area contributed by atoms with Gasteiger partial charge in [-0.15, -0.1) is 5.92 Å². The van der Waals surface area contributed by atoms with E-state index in [2.05, 4.69) is 21.9 Å². The predicted octanol–water partition coefficient (Wildman–Crippen LogP) is 0.719. The summed E-state index contributed by atoms with van der Waals surface area (Å²) in [4.78, 5) is 22.4. The van der Waals surface area contributed by atoms with E-state index < -0.39 is 6.04 Å². The highest BCUT2D eigenvalue weighted by Gasteiger charge is 2.14. The van der Waals surface area contributed by atoms with Crippen molar-refractivity contribution in [3.8, 4) is 11.8 Å². The van der Waals surface area contributed by atoms with Crippen LogP contribution in [-0.4, -0.2) is 31.1 Å². The molecule has 0 aromatic rings. The molecule has 1 amide bonds. The fourth-order valence-corrected chi connectivity index (χ4v) is 1.96. The molecule has 1 rings (SSSR count). The third kappa shape index (κ3) is 6.25. The van der Waals surface area contributed by atoms with Crippen LogP contribution >= 0.6 is 0 Å². The molecular formula is C14H22N2O3. The molecule has 5 nitrogen and oxygen atoms in total. The van der Waals surface area contributed by atoms with Gasteiger partial charge in [-0.2, -0.15) is 0 Å². The van der Waals surface area contributed by atoms with Gasteiger partial charge >= 0.3 is 5.97 Å². The SMILES string of the molecule is COC(=O)[C@@H](N)CCCC#CC1CCCCC(=O)N1. The molecule has 0 aliphatic carbocycles. The number of hydrogen-bond acceptors (Lipinski definition) is 4. The molecule has 1 unspecified atom stereocenters. The molecule has 2 atom stereocenters. The highest BCUT2D eigenvalue weighted by Crippen LogP contribution is 2.08. The number of carbonyl (C=O) groups is 2. The van der Waals surface area contributed by atoms with Gasteiger partial charge in [-0.1, -0.05) is 5.92 Å². The summed E-state index contributed by atoms with van der Waals surface area (Å²) in [6, 6.07) is -0.589. The van der Waals surface area contributed by atoms with Crippen LogP contribution in [0.4, 0.5) is 0 Å². The van der Waals surface area contributed by atoms with E-state index in [1.54, 1.807) is 0 Å². The van der Waals surface area contributed by atoms with Crippen LogP contribution in [0.1, 0.15) is 44.9 Å². The maximum Gasteiger partial charge on any atom is 0.322 e. The highest BCUT2D eigenvalue weighted by molar-refractivity contribution is 5.77. The smallest absolute Gasteiger partial charge is 0.322 e. The summed E-state index contributed by atoms with van der Waals surface area (Å²) >= 11 is 0. The first-order chi connectivity index (χ1) is 9.13. The summed E-state index contributed by atoms with van der Waals surface area (Å²) < 4.78 is 4.54. The number of nitrogens with two attached hydrogens (primary N) is 1. The van der Waals surface area contributed by atoms with Crippen molar-refractivity contribution in [3.05, 3.63) is 0 Å². The lowest BCUT2D eigenvalue weighted by Gasteiger charge is -2.08. The summed E-state index contributed by atoms with van der Waals surface area (Å²) in [7, 11) is 1.33. The van der Waals surface area contributed by atoms with E-state index in [0.717, 1.165) is 25.7 Å². The van der Waals surface area contributed by atoms with Gasteiger partial charge in [-0.05, 0) is 32.1 Å². The van der Waals surface area contributed by atoms with Gasteiger partial charge in [0, 0.05) is 12.8 Å². The van der Waals surface area contributed by atoms with Gasteiger partial charge in [0.2, 0.25) is 5.91 Å². The van der Waals surface area contributed by atoms with Crippen LogP contribution in [0, 0.1) is 11.8 Å². The van der Waals surface area contributed by atoms with Crippen molar-refractivity contribution in [1.29, 1.82) is 0 Å². The Labute approximate surface area is 114 Å². The van der Waals surface area contributed by atoms with Gasteiger partial charge in [0.15, 0.2) is 0 Å². The van der Waals surface area contributed by atoms with Crippen LogP contribution in [0.5, 0.6) is 0 Å². The maximum absolute atomic E-state index is 11.3. The van der Waals surface area contributed by atoms with E-state index in [-0.39, 0.29) is 17.9 Å². The molecule has 0 saturated carbocycles. The minimum atomic E-state index is -0.565. The summed E-state index contributed by atoms with van der Waals surface area (Å²) in [5, 5.41) is 2.89. The Balaban J connectivity index is 2.23. The lowest BCUT2D eigenvalue weighted by Crippen LogP contribution is -2.31. The van der Waals surface area contributed by atoms with Gasteiger partial charge in [-0.25, -0.2) is 0 Å². The number of esters is 1. The Morgan fingerprint density at radius 1 is 1.58 bits per heavy atom. The van der Waals surface area contributed by atoms with Gasteiger partial charge in [0.05, 0.1) is 13.2 Å². The van der Waals surface area contributed by atoms with E-state index in [0.29, 0.717) is 19.3 Å². The number of amides is 1. The van der Waals surface area contributed by atoms with E-state index in [4.69, 9.17) is 5.73 Å². The number of unbranched alkanes of at least 4 members (excludes halogenated alkanes) is 1. The van der Waals surface area contributed by atoms with Crippen LogP contribution in [0.15, 0.2) is 0 Å². The van der Waals surface area contributed by atoms with Crippen molar-refractivity contribution in [2.24, 2.45) is 5.73 Å².